The standard InChI is InChI=1S/C17H27N5O3S.HI/c1-19-17(20-12-14-3-2-4-16(11-14)26(18,23)24)22-6-5-15(13-22)21-7-9-25-10-8-21;/h2-4,11,15H,5-10,12-13H2,1H3,(H,19,20)(H2,18,23,24);1H. The number of nitrogens with one attached hydrogen (secondary N) is 1. The molecule has 2 aliphatic heterocycles. The van der Waals surface area contributed by atoms with Crippen LogP contribution in [0.15, 0.2) is 34.2 Å². The number of guanidine groups is 1. The quantitative estimate of drug-likeness (QED) is 0.347. The molecule has 0 aromatic heterocycles. The van der Waals surface area contributed by atoms with Gasteiger partial charge in [0.1, 0.15) is 0 Å². The lowest BCUT2D eigenvalue weighted by atomic mass is 10.2. The zero-order valence-electron chi connectivity index (χ0n) is 15.5. The van der Waals surface area contributed by atoms with Crippen LogP contribution in [0.1, 0.15) is 12.0 Å². The maximum absolute atomic E-state index is 11.5. The number of halogens is 1. The third-order valence-electron chi connectivity index (χ3n) is 4.91. The predicted octanol–water partition coefficient (Wildman–Crippen LogP) is 0.434. The van der Waals surface area contributed by atoms with Crippen molar-refractivity contribution in [3.8, 4) is 0 Å². The van der Waals surface area contributed by atoms with Crippen LogP contribution in [0.2, 0.25) is 0 Å². The molecule has 1 aromatic carbocycles. The van der Waals surface area contributed by atoms with Gasteiger partial charge in [-0.3, -0.25) is 9.89 Å². The molecule has 2 saturated heterocycles. The number of rotatable bonds is 4. The van der Waals surface area contributed by atoms with Crippen molar-refractivity contribution in [1.29, 1.82) is 0 Å². The third-order valence-corrected chi connectivity index (χ3v) is 5.83. The second-order valence-electron chi connectivity index (χ2n) is 6.63. The lowest BCUT2D eigenvalue weighted by Crippen LogP contribution is -2.46. The second-order valence-corrected chi connectivity index (χ2v) is 8.19. The second kappa shape index (κ2) is 10.0. The van der Waals surface area contributed by atoms with Gasteiger partial charge < -0.3 is 15.0 Å². The zero-order valence-corrected chi connectivity index (χ0v) is 18.7. The molecule has 0 aliphatic carbocycles. The van der Waals surface area contributed by atoms with Gasteiger partial charge in [0.25, 0.3) is 0 Å². The number of primary sulfonamides is 1. The highest BCUT2D eigenvalue weighted by Gasteiger charge is 2.30. The molecule has 2 heterocycles. The molecule has 3 N–H and O–H groups in total. The molecule has 0 saturated carbocycles. The summed E-state index contributed by atoms with van der Waals surface area (Å²) in [5, 5.41) is 8.53. The topological polar surface area (TPSA) is 100 Å². The van der Waals surface area contributed by atoms with Crippen molar-refractivity contribution < 1.29 is 13.2 Å². The Bertz CT molecular complexity index is 753. The van der Waals surface area contributed by atoms with E-state index in [4.69, 9.17) is 9.88 Å². The molecule has 3 rings (SSSR count). The molecule has 0 bridgehead atoms. The van der Waals surface area contributed by atoms with Gasteiger partial charge >= 0.3 is 0 Å². The maximum Gasteiger partial charge on any atom is 0.238 e. The van der Waals surface area contributed by atoms with Crippen molar-refractivity contribution in [3.63, 3.8) is 0 Å². The molecular formula is C17H28IN5O3S. The van der Waals surface area contributed by atoms with Crippen LogP contribution in [0.3, 0.4) is 0 Å². The minimum Gasteiger partial charge on any atom is -0.379 e. The van der Waals surface area contributed by atoms with Gasteiger partial charge in [-0.2, -0.15) is 0 Å². The number of aliphatic imine (C=N–C) groups is 1. The van der Waals surface area contributed by atoms with Gasteiger partial charge in [-0.05, 0) is 24.1 Å². The van der Waals surface area contributed by atoms with E-state index >= 15 is 0 Å². The summed E-state index contributed by atoms with van der Waals surface area (Å²) in [4.78, 5) is 9.25. The van der Waals surface area contributed by atoms with E-state index in [9.17, 15) is 8.42 Å². The van der Waals surface area contributed by atoms with Crippen LogP contribution in [-0.4, -0.2) is 76.7 Å². The van der Waals surface area contributed by atoms with E-state index < -0.39 is 10.0 Å². The van der Waals surface area contributed by atoms with Crippen LogP contribution < -0.4 is 10.5 Å². The van der Waals surface area contributed by atoms with Crippen molar-refractivity contribution in [2.24, 2.45) is 10.1 Å². The van der Waals surface area contributed by atoms with Crippen molar-refractivity contribution in [3.05, 3.63) is 29.8 Å². The number of hydrogen-bond donors (Lipinski definition) is 2. The summed E-state index contributed by atoms with van der Waals surface area (Å²) >= 11 is 0. The van der Waals surface area contributed by atoms with Crippen molar-refractivity contribution in [2.45, 2.75) is 23.9 Å². The number of nitrogens with zero attached hydrogens (tertiary/aromatic N) is 3. The highest BCUT2D eigenvalue weighted by Crippen LogP contribution is 2.17. The SMILES string of the molecule is CN=C(NCc1cccc(S(N)(=O)=O)c1)N1CCC(N2CCOCC2)C1.I. The highest BCUT2D eigenvalue weighted by atomic mass is 127. The van der Waals surface area contributed by atoms with Crippen molar-refractivity contribution in [1.82, 2.24) is 15.1 Å². The molecule has 27 heavy (non-hydrogen) atoms. The monoisotopic (exact) mass is 509 g/mol. The molecule has 152 valence electrons. The van der Waals surface area contributed by atoms with Gasteiger partial charge in [0.05, 0.1) is 18.1 Å². The summed E-state index contributed by atoms with van der Waals surface area (Å²) in [5.41, 5.74) is 0.849. The first-order valence-corrected chi connectivity index (χ1v) is 10.4. The van der Waals surface area contributed by atoms with E-state index in [2.05, 4.69) is 20.1 Å². The van der Waals surface area contributed by atoms with Gasteiger partial charge in [-0.1, -0.05) is 12.1 Å². The summed E-state index contributed by atoms with van der Waals surface area (Å²) in [6, 6.07) is 7.19. The Balaban J connectivity index is 0.00000261. The number of hydrogen-bond acceptors (Lipinski definition) is 5. The van der Waals surface area contributed by atoms with Gasteiger partial charge in [-0.25, -0.2) is 13.6 Å². The molecule has 1 aromatic rings. The number of likely N-dealkylation sites (tertiary alicyclic amines) is 1. The lowest BCUT2D eigenvalue weighted by molar-refractivity contribution is 0.0195. The lowest BCUT2D eigenvalue weighted by Gasteiger charge is -2.32. The van der Waals surface area contributed by atoms with E-state index in [1.54, 1.807) is 19.2 Å². The predicted molar refractivity (Wildman–Crippen MR) is 116 cm³/mol. The fourth-order valence-corrected chi connectivity index (χ4v) is 4.10. The van der Waals surface area contributed by atoms with Crippen molar-refractivity contribution >= 4 is 40.0 Å². The first-order chi connectivity index (χ1) is 12.5. The summed E-state index contributed by atoms with van der Waals surface area (Å²) < 4.78 is 28.4. The number of sulfonamides is 1. The fraction of sp³-hybridized carbons (Fsp3) is 0.588. The van der Waals surface area contributed by atoms with Crippen LogP contribution in [0.5, 0.6) is 0 Å². The summed E-state index contributed by atoms with van der Waals surface area (Å²) in [6.07, 6.45) is 1.11. The number of morpholine rings is 1. The Morgan fingerprint density at radius 3 is 2.74 bits per heavy atom. The summed E-state index contributed by atoms with van der Waals surface area (Å²) in [5.74, 6) is 0.835. The molecule has 8 nitrogen and oxygen atoms in total. The Hall–Kier alpha value is -0.950. The number of nitrogens with two attached hydrogens (primary N) is 1. The molecule has 0 amide bonds. The zero-order chi connectivity index (χ0) is 18.6. The minimum atomic E-state index is -3.69. The number of ether oxygens (including phenoxy) is 1. The van der Waals surface area contributed by atoms with E-state index in [0.29, 0.717) is 12.6 Å². The minimum absolute atomic E-state index is 0. The molecule has 0 radical (unpaired) electrons. The Kier molecular flexibility index (Phi) is 8.28. The smallest absolute Gasteiger partial charge is 0.238 e. The molecule has 2 fully saturated rings. The van der Waals surface area contributed by atoms with Gasteiger partial charge in [0, 0.05) is 45.8 Å². The van der Waals surface area contributed by atoms with Crippen LogP contribution >= 0.6 is 24.0 Å². The van der Waals surface area contributed by atoms with E-state index in [1.807, 2.05) is 6.07 Å². The van der Waals surface area contributed by atoms with E-state index in [0.717, 1.165) is 57.3 Å². The van der Waals surface area contributed by atoms with Crippen LogP contribution in [0, 0.1) is 0 Å². The van der Waals surface area contributed by atoms with Gasteiger partial charge in [-0.15, -0.1) is 24.0 Å². The average Bonchev–Trinajstić information content (AvgIpc) is 3.13. The third kappa shape index (κ3) is 6.01. The summed E-state index contributed by atoms with van der Waals surface area (Å²) in [6.45, 7) is 5.99. The maximum atomic E-state index is 11.5. The normalized spacial score (nSPS) is 21.8. The largest absolute Gasteiger partial charge is 0.379 e. The Labute approximate surface area is 178 Å². The van der Waals surface area contributed by atoms with Crippen molar-refractivity contribution in [2.75, 3.05) is 46.4 Å². The molecule has 1 atom stereocenters. The van der Waals surface area contributed by atoms with Crippen LogP contribution in [0.25, 0.3) is 0 Å². The first-order valence-electron chi connectivity index (χ1n) is 8.86. The van der Waals surface area contributed by atoms with Gasteiger partial charge in [0.15, 0.2) is 5.96 Å². The number of benzene rings is 1. The molecule has 1 unspecified atom stereocenters. The Morgan fingerprint density at radius 2 is 2.07 bits per heavy atom. The van der Waals surface area contributed by atoms with E-state index in [1.165, 1.54) is 6.07 Å². The average molecular weight is 509 g/mol. The highest BCUT2D eigenvalue weighted by molar-refractivity contribution is 14.0. The van der Waals surface area contributed by atoms with Gasteiger partial charge in [0.2, 0.25) is 10.0 Å². The molecular weight excluding hydrogens is 481 g/mol. The fourth-order valence-electron chi connectivity index (χ4n) is 3.52. The molecule has 0 spiro atoms. The van der Waals surface area contributed by atoms with E-state index in [-0.39, 0.29) is 28.9 Å². The molecule has 2 aliphatic rings. The summed E-state index contributed by atoms with van der Waals surface area (Å²) in [7, 11) is -1.92. The first kappa shape index (κ1) is 22.3. The van der Waals surface area contributed by atoms with Crippen LogP contribution in [-0.2, 0) is 21.3 Å². The van der Waals surface area contributed by atoms with Crippen LogP contribution in [0.4, 0.5) is 0 Å². The molecule has 10 heteroatoms. The Morgan fingerprint density at radius 1 is 1.33 bits per heavy atom.